The van der Waals surface area contributed by atoms with Crippen LogP contribution in [0.25, 0.3) is 0 Å². The summed E-state index contributed by atoms with van der Waals surface area (Å²) in [6, 6.07) is 11.1. The molecule has 0 fully saturated rings. The van der Waals surface area contributed by atoms with Gasteiger partial charge in [0.25, 0.3) is 11.8 Å². The van der Waals surface area contributed by atoms with Gasteiger partial charge in [0.15, 0.2) is 18.1 Å². The van der Waals surface area contributed by atoms with E-state index in [0.29, 0.717) is 34.6 Å². The van der Waals surface area contributed by atoms with E-state index in [4.69, 9.17) is 9.47 Å². The van der Waals surface area contributed by atoms with Crippen LogP contribution in [-0.4, -0.2) is 38.9 Å². The van der Waals surface area contributed by atoms with Crippen molar-refractivity contribution in [3.63, 3.8) is 0 Å². The molecule has 0 aromatic heterocycles. The fourth-order valence-corrected chi connectivity index (χ4v) is 2.07. The first-order chi connectivity index (χ1) is 12.1. The molecule has 0 aliphatic rings. The number of hydrogen-bond donors (Lipinski definition) is 2. The average Bonchev–Trinajstić information content (AvgIpc) is 2.66. The Morgan fingerprint density at radius 2 is 1.80 bits per heavy atom. The Labute approximate surface area is 144 Å². The van der Waals surface area contributed by atoms with Gasteiger partial charge in [-0.15, -0.1) is 0 Å². The Kier molecular flexibility index (Phi) is 6.11. The van der Waals surface area contributed by atoms with Gasteiger partial charge in [-0.1, -0.05) is 0 Å². The van der Waals surface area contributed by atoms with Gasteiger partial charge in [-0.05, 0) is 42.5 Å². The van der Waals surface area contributed by atoms with Crippen molar-refractivity contribution < 1.29 is 23.9 Å². The zero-order valence-corrected chi connectivity index (χ0v) is 13.9. The van der Waals surface area contributed by atoms with Crippen LogP contribution in [0, 0.1) is 0 Å². The number of methoxy groups -OCH3 is 1. The molecule has 0 bridgehead atoms. The molecule has 2 N–H and O–H groups in total. The van der Waals surface area contributed by atoms with Crippen molar-refractivity contribution in [2.75, 3.05) is 26.1 Å². The third-order valence-corrected chi connectivity index (χ3v) is 3.34. The quantitative estimate of drug-likeness (QED) is 0.750. The molecule has 0 aliphatic heterocycles. The summed E-state index contributed by atoms with van der Waals surface area (Å²) in [5.41, 5.74) is 1.49. The van der Waals surface area contributed by atoms with E-state index in [-0.39, 0.29) is 18.4 Å². The van der Waals surface area contributed by atoms with E-state index in [1.807, 2.05) is 0 Å². The molecule has 0 heterocycles. The van der Waals surface area contributed by atoms with Gasteiger partial charge in [-0.25, -0.2) is 0 Å². The molecule has 2 rings (SSSR count). The summed E-state index contributed by atoms with van der Waals surface area (Å²) >= 11 is 0. The van der Waals surface area contributed by atoms with Gasteiger partial charge in [0.2, 0.25) is 0 Å². The number of carbonyl (C=O) groups is 3. The SMILES string of the molecule is CNC(=O)c1ccc(NC(=O)COc2ccc(C=O)cc2OC)cc1. The number of rotatable bonds is 7. The number of aldehydes is 1. The lowest BCUT2D eigenvalue weighted by Gasteiger charge is -2.11. The minimum absolute atomic E-state index is 0.202. The predicted octanol–water partition coefficient (Wildman–Crippen LogP) is 1.88. The van der Waals surface area contributed by atoms with Crippen molar-refractivity contribution in [1.82, 2.24) is 5.32 Å². The summed E-state index contributed by atoms with van der Waals surface area (Å²) in [6.45, 7) is -0.228. The number of amides is 2. The molecule has 0 atom stereocenters. The lowest BCUT2D eigenvalue weighted by atomic mass is 10.2. The topological polar surface area (TPSA) is 93.7 Å². The molecule has 2 amide bonds. The molecule has 0 radical (unpaired) electrons. The maximum Gasteiger partial charge on any atom is 0.262 e. The lowest BCUT2D eigenvalue weighted by molar-refractivity contribution is -0.118. The highest BCUT2D eigenvalue weighted by Gasteiger charge is 2.09. The van der Waals surface area contributed by atoms with Crippen molar-refractivity contribution in [1.29, 1.82) is 0 Å². The summed E-state index contributed by atoms with van der Waals surface area (Å²) in [6.07, 6.45) is 0.696. The Morgan fingerprint density at radius 3 is 2.40 bits per heavy atom. The molecule has 130 valence electrons. The molecule has 7 nitrogen and oxygen atoms in total. The zero-order chi connectivity index (χ0) is 18.2. The maximum absolute atomic E-state index is 12.0. The third-order valence-electron chi connectivity index (χ3n) is 3.34. The molecular weight excluding hydrogens is 324 g/mol. The first-order valence-corrected chi connectivity index (χ1v) is 7.45. The Morgan fingerprint density at radius 1 is 1.08 bits per heavy atom. The number of hydrogen-bond acceptors (Lipinski definition) is 5. The highest BCUT2D eigenvalue weighted by molar-refractivity contribution is 5.95. The van der Waals surface area contributed by atoms with Gasteiger partial charge < -0.3 is 20.1 Å². The van der Waals surface area contributed by atoms with E-state index >= 15 is 0 Å². The Bertz CT molecular complexity index is 772. The van der Waals surface area contributed by atoms with Crippen LogP contribution < -0.4 is 20.1 Å². The van der Waals surface area contributed by atoms with Crippen LogP contribution in [0.2, 0.25) is 0 Å². The number of anilines is 1. The van der Waals surface area contributed by atoms with Crippen LogP contribution in [0.4, 0.5) is 5.69 Å². The Hall–Kier alpha value is -3.35. The largest absolute Gasteiger partial charge is 0.493 e. The fraction of sp³-hybridized carbons (Fsp3) is 0.167. The zero-order valence-electron chi connectivity index (χ0n) is 13.9. The summed E-state index contributed by atoms with van der Waals surface area (Å²) in [7, 11) is 3.00. The minimum Gasteiger partial charge on any atom is -0.493 e. The summed E-state index contributed by atoms with van der Waals surface area (Å²) in [4.78, 5) is 34.2. The molecule has 2 aromatic carbocycles. The predicted molar refractivity (Wildman–Crippen MR) is 92.3 cm³/mol. The van der Waals surface area contributed by atoms with Crippen molar-refractivity contribution in [2.24, 2.45) is 0 Å². The fourth-order valence-electron chi connectivity index (χ4n) is 2.07. The van der Waals surface area contributed by atoms with Crippen molar-refractivity contribution in [3.05, 3.63) is 53.6 Å². The second kappa shape index (κ2) is 8.49. The first kappa shape index (κ1) is 18.0. The summed E-state index contributed by atoms with van der Waals surface area (Å²) < 4.78 is 10.6. The van der Waals surface area contributed by atoms with Crippen LogP contribution in [-0.2, 0) is 4.79 Å². The number of benzene rings is 2. The average molecular weight is 342 g/mol. The molecule has 0 spiro atoms. The molecule has 0 aliphatic carbocycles. The maximum atomic E-state index is 12.0. The molecular formula is C18H18N2O5. The van der Waals surface area contributed by atoms with Crippen LogP contribution >= 0.6 is 0 Å². The molecule has 0 saturated carbocycles. The number of carbonyl (C=O) groups excluding carboxylic acids is 3. The van der Waals surface area contributed by atoms with Gasteiger partial charge in [-0.3, -0.25) is 14.4 Å². The molecule has 25 heavy (non-hydrogen) atoms. The second-order valence-corrected chi connectivity index (χ2v) is 5.02. The molecule has 0 saturated heterocycles. The second-order valence-electron chi connectivity index (χ2n) is 5.02. The first-order valence-electron chi connectivity index (χ1n) is 7.45. The highest BCUT2D eigenvalue weighted by Crippen LogP contribution is 2.27. The van der Waals surface area contributed by atoms with Crippen molar-refractivity contribution in [3.8, 4) is 11.5 Å². The van der Waals surface area contributed by atoms with Gasteiger partial charge in [0.1, 0.15) is 6.29 Å². The third kappa shape index (κ3) is 4.81. The van der Waals surface area contributed by atoms with Crippen molar-refractivity contribution >= 4 is 23.8 Å². The normalized spacial score (nSPS) is 9.84. The summed E-state index contributed by atoms with van der Waals surface area (Å²) in [5.74, 6) is 0.159. The van der Waals surface area contributed by atoms with E-state index in [2.05, 4.69) is 10.6 Å². The monoisotopic (exact) mass is 342 g/mol. The summed E-state index contributed by atoms with van der Waals surface area (Å²) in [5, 5.41) is 5.18. The van der Waals surface area contributed by atoms with Gasteiger partial charge in [-0.2, -0.15) is 0 Å². The van der Waals surface area contributed by atoms with Gasteiger partial charge in [0, 0.05) is 23.9 Å². The van der Waals surface area contributed by atoms with Crippen LogP contribution in [0.15, 0.2) is 42.5 Å². The Balaban J connectivity index is 1.94. The van der Waals surface area contributed by atoms with E-state index in [1.165, 1.54) is 13.2 Å². The van der Waals surface area contributed by atoms with Gasteiger partial charge in [0.05, 0.1) is 7.11 Å². The standard InChI is InChI=1S/C18H18N2O5/c1-19-18(23)13-4-6-14(7-5-13)20-17(22)11-25-15-8-3-12(10-21)9-16(15)24-2/h3-10H,11H2,1-2H3,(H,19,23)(H,20,22). The minimum atomic E-state index is -0.366. The van der Waals surface area contributed by atoms with Crippen LogP contribution in [0.3, 0.4) is 0 Å². The van der Waals surface area contributed by atoms with E-state index in [1.54, 1.807) is 43.4 Å². The van der Waals surface area contributed by atoms with E-state index in [0.717, 1.165) is 0 Å². The molecule has 0 unspecified atom stereocenters. The molecule has 7 heteroatoms. The van der Waals surface area contributed by atoms with Crippen molar-refractivity contribution in [2.45, 2.75) is 0 Å². The number of ether oxygens (including phenoxy) is 2. The number of nitrogens with one attached hydrogen (secondary N) is 2. The van der Waals surface area contributed by atoms with E-state index in [9.17, 15) is 14.4 Å². The lowest BCUT2D eigenvalue weighted by Crippen LogP contribution is -2.21. The molecule has 2 aromatic rings. The van der Waals surface area contributed by atoms with Gasteiger partial charge >= 0.3 is 0 Å². The van der Waals surface area contributed by atoms with Crippen LogP contribution in [0.5, 0.6) is 11.5 Å². The van der Waals surface area contributed by atoms with Crippen LogP contribution in [0.1, 0.15) is 20.7 Å². The highest BCUT2D eigenvalue weighted by atomic mass is 16.5. The van der Waals surface area contributed by atoms with E-state index < -0.39 is 0 Å². The smallest absolute Gasteiger partial charge is 0.262 e.